The molecule has 4 nitrogen and oxygen atoms in total. The second kappa shape index (κ2) is 11.7. The van der Waals surface area contributed by atoms with Crippen molar-refractivity contribution in [3.05, 3.63) is 100 Å². The van der Waals surface area contributed by atoms with Gasteiger partial charge in [0, 0.05) is 31.6 Å². The molecule has 1 amide bonds. The molecular formula is C32H38N2O2. The molecule has 1 saturated carbocycles. The molecule has 0 unspecified atom stereocenters. The average Bonchev–Trinajstić information content (AvgIpc) is 3.70. The SMILES string of the molecule is Cc1ccc(CNC(=O)c2ccc3c(c2)Cc2cccc(c2)CN(CC2CC2)CCCCCO3)cc1. The van der Waals surface area contributed by atoms with Crippen molar-refractivity contribution >= 4 is 5.91 Å². The predicted octanol–water partition coefficient (Wildman–Crippen LogP) is 6.29. The van der Waals surface area contributed by atoms with Crippen LogP contribution in [0.3, 0.4) is 0 Å². The summed E-state index contributed by atoms with van der Waals surface area (Å²) in [6, 6.07) is 23.1. The van der Waals surface area contributed by atoms with Crippen molar-refractivity contribution in [1.82, 2.24) is 10.2 Å². The highest BCUT2D eigenvalue weighted by atomic mass is 16.5. The largest absolute Gasteiger partial charge is 0.493 e. The van der Waals surface area contributed by atoms with E-state index in [0.717, 1.165) is 42.2 Å². The van der Waals surface area contributed by atoms with Crippen LogP contribution in [0.2, 0.25) is 0 Å². The maximum absolute atomic E-state index is 13.0. The fourth-order valence-corrected chi connectivity index (χ4v) is 5.00. The minimum absolute atomic E-state index is 0.0535. The van der Waals surface area contributed by atoms with Crippen LogP contribution in [-0.2, 0) is 19.5 Å². The molecule has 5 rings (SSSR count). The molecule has 0 spiro atoms. The molecule has 0 aromatic heterocycles. The summed E-state index contributed by atoms with van der Waals surface area (Å²) in [6.45, 7) is 6.72. The van der Waals surface area contributed by atoms with Crippen LogP contribution in [0.15, 0.2) is 66.7 Å². The second-order valence-corrected chi connectivity index (χ2v) is 10.6. The van der Waals surface area contributed by atoms with Gasteiger partial charge in [-0.05, 0) is 91.9 Å². The minimum atomic E-state index is -0.0535. The molecule has 3 aromatic rings. The summed E-state index contributed by atoms with van der Waals surface area (Å²) in [5.41, 5.74) is 6.70. The first-order chi connectivity index (χ1) is 17.6. The van der Waals surface area contributed by atoms with Crippen LogP contribution in [0.4, 0.5) is 0 Å². The summed E-state index contributed by atoms with van der Waals surface area (Å²) < 4.78 is 6.24. The molecule has 1 fully saturated rings. The lowest BCUT2D eigenvalue weighted by molar-refractivity contribution is 0.0950. The van der Waals surface area contributed by atoms with Gasteiger partial charge in [-0.2, -0.15) is 0 Å². The van der Waals surface area contributed by atoms with Crippen LogP contribution in [0.1, 0.15) is 70.3 Å². The molecule has 3 aromatic carbocycles. The van der Waals surface area contributed by atoms with E-state index >= 15 is 0 Å². The monoisotopic (exact) mass is 482 g/mol. The summed E-state index contributed by atoms with van der Waals surface area (Å²) in [5, 5.41) is 3.07. The van der Waals surface area contributed by atoms with Gasteiger partial charge in [-0.15, -0.1) is 0 Å². The maximum Gasteiger partial charge on any atom is 0.251 e. The Bertz CT molecular complexity index is 1170. The standard InChI is InChI=1S/C32H38N2O2/c1-24-8-10-25(11-9-24)21-33-32(35)29-14-15-31-30(20-29)19-27-6-5-7-28(18-27)23-34(22-26-12-13-26)16-3-2-4-17-36-31/h5-11,14-15,18,20,26H,2-4,12-13,16-17,19,21-23H2,1H3,(H,33,35). The highest BCUT2D eigenvalue weighted by molar-refractivity contribution is 5.94. The molecule has 1 aliphatic carbocycles. The third kappa shape index (κ3) is 6.98. The van der Waals surface area contributed by atoms with Gasteiger partial charge in [0.2, 0.25) is 0 Å². The summed E-state index contributed by atoms with van der Waals surface area (Å²) in [6.07, 6.45) is 6.98. The molecule has 0 saturated heterocycles. The zero-order valence-corrected chi connectivity index (χ0v) is 21.5. The molecule has 2 aliphatic rings. The van der Waals surface area contributed by atoms with E-state index in [1.807, 2.05) is 18.2 Å². The summed E-state index contributed by atoms with van der Waals surface area (Å²) >= 11 is 0. The lowest BCUT2D eigenvalue weighted by atomic mass is 9.99. The molecule has 4 heteroatoms. The average molecular weight is 483 g/mol. The molecule has 1 N–H and O–H groups in total. The van der Waals surface area contributed by atoms with E-state index < -0.39 is 0 Å². The highest BCUT2D eigenvalue weighted by Gasteiger charge is 2.24. The van der Waals surface area contributed by atoms with Crippen molar-refractivity contribution < 1.29 is 9.53 Å². The lowest BCUT2D eigenvalue weighted by Gasteiger charge is -2.23. The van der Waals surface area contributed by atoms with Crippen LogP contribution in [0, 0.1) is 12.8 Å². The normalized spacial score (nSPS) is 16.9. The van der Waals surface area contributed by atoms with Crippen molar-refractivity contribution in [1.29, 1.82) is 0 Å². The Balaban J connectivity index is 1.33. The number of benzene rings is 3. The molecular weight excluding hydrogens is 444 g/mol. The second-order valence-electron chi connectivity index (χ2n) is 10.6. The first-order valence-corrected chi connectivity index (χ1v) is 13.5. The van der Waals surface area contributed by atoms with E-state index in [-0.39, 0.29) is 5.91 Å². The highest BCUT2D eigenvalue weighted by Crippen LogP contribution is 2.31. The number of ether oxygens (including phenoxy) is 1. The van der Waals surface area contributed by atoms with Gasteiger partial charge >= 0.3 is 0 Å². The van der Waals surface area contributed by atoms with E-state index in [4.69, 9.17) is 4.74 Å². The Labute approximate surface area is 215 Å². The fraction of sp³-hybridized carbons (Fsp3) is 0.406. The number of nitrogens with zero attached hydrogens (tertiary/aromatic N) is 1. The van der Waals surface area contributed by atoms with Crippen molar-refractivity contribution in [2.45, 2.75) is 58.5 Å². The maximum atomic E-state index is 13.0. The van der Waals surface area contributed by atoms with Crippen molar-refractivity contribution in [2.75, 3.05) is 19.7 Å². The number of hydrogen-bond acceptors (Lipinski definition) is 3. The Morgan fingerprint density at radius 1 is 0.972 bits per heavy atom. The van der Waals surface area contributed by atoms with Crippen LogP contribution in [0.5, 0.6) is 5.75 Å². The van der Waals surface area contributed by atoms with Gasteiger partial charge in [-0.1, -0.05) is 54.1 Å². The number of carbonyl (C=O) groups excluding carboxylic acids is 1. The van der Waals surface area contributed by atoms with Gasteiger partial charge < -0.3 is 10.1 Å². The Morgan fingerprint density at radius 3 is 2.64 bits per heavy atom. The van der Waals surface area contributed by atoms with Gasteiger partial charge in [-0.25, -0.2) is 0 Å². The smallest absolute Gasteiger partial charge is 0.251 e. The van der Waals surface area contributed by atoms with Gasteiger partial charge in [0.1, 0.15) is 5.75 Å². The van der Waals surface area contributed by atoms with Crippen molar-refractivity contribution in [3.8, 4) is 5.75 Å². The van der Waals surface area contributed by atoms with E-state index in [1.165, 1.54) is 55.5 Å². The van der Waals surface area contributed by atoms with Crippen LogP contribution >= 0.6 is 0 Å². The third-order valence-corrected chi connectivity index (χ3v) is 7.28. The summed E-state index contributed by atoms with van der Waals surface area (Å²) in [7, 11) is 0. The predicted molar refractivity (Wildman–Crippen MR) is 145 cm³/mol. The molecule has 0 radical (unpaired) electrons. The van der Waals surface area contributed by atoms with E-state index in [0.29, 0.717) is 18.7 Å². The molecule has 36 heavy (non-hydrogen) atoms. The van der Waals surface area contributed by atoms with Crippen LogP contribution in [0.25, 0.3) is 0 Å². The van der Waals surface area contributed by atoms with E-state index in [1.54, 1.807) is 0 Å². The fourth-order valence-electron chi connectivity index (χ4n) is 5.00. The summed E-state index contributed by atoms with van der Waals surface area (Å²) in [5.74, 6) is 1.74. The summed E-state index contributed by atoms with van der Waals surface area (Å²) in [4.78, 5) is 15.6. The molecule has 2 bridgehead atoms. The van der Waals surface area contributed by atoms with Crippen LogP contribution in [-0.4, -0.2) is 30.5 Å². The Kier molecular flexibility index (Phi) is 8.02. The Morgan fingerprint density at radius 2 is 1.81 bits per heavy atom. The third-order valence-electron chi connectivity index (χ3n) is 7.28. The number of amides is 1. The lowest BCUT2D eigenvalue weighted by Crippen LogP contribution is -2.27. The number of aryl methyl sites for hydroxylation is 1. The van der Waals surface area contributed by atoms with Crippen molar-refractivity contribution in [2.24, 2.45) is 5.92 Å². The van der Waals surface area contributed by atoms with Crippen LogP contribution < -0.4 is 10.1 Å². The minimum Gasteiger partial charge on any atom is -0.493 e. The number of rotatable bonds is 5. The van der Waals surface area contributed by atoms with Gasteiger partial charge in [0.15, 0.2) is 0 Å². The zero-order valence-electron chi connectivity index (χ0n) is 21.5. The first-order valence-electron chi connectivity index (χ1n) is 13.5. The molecule has 1 aliphatic heterocycles. The number of nitrogens with one attached hydrogen (secondary N) is 1. The van der Waals surface area contributed by atoms with E-state index in [2.05, 4.69) is 65.7 Å². The van der Waals surface area contributed by atoms with E-state index in [9.17, 15) is 4.79 Å². The quantitative estimate of drug-likeness (QED) is 0.465. The molecule has 0 atom stereocenters. The molecule has 1 heterocycles. The Hall–Kier alpha value is -3.11. The first kappa shape index (κ1) is 24.6. The van der Waals surface area contributed by atoms with Gasteiger partial charge in [0.25, 0.3) is 5.91 Å². The van der Waals surface area contributed by atoms with Gasteiger partial charge in [-0.3, -0.25) is 9.69 Å². The zero-order chi connectivity index (χ0) is 24.7. The van der Waals surface area contributed by atoms with Crippen molar-refractivity contribution in [3.63, 3.8) is 0 Å². The topological polar surface area (TPSA) is 41.6 Å². The molecule has 188 valence electrons. The van der Waals surface area contributed by atoms with Gasteiger partial charge in [0.05, 0.1) is 6.61 Å². The number of carbonyl (C=O) groups is 1. The number of fused-ring (bicyclic) bond motifs is 3. The number of hydrogen-bond donors (Lipinski definition) is 1.